The van der Waals surface area contributed by atoms with Gasteiger partial charge in [0.1, 0.15) is 0 Å². The minimum absolute atomic E-state index is 0. The summed E-state index contributed by atoms with van der Waals surface area (Å²) < 4.78 is 0. The summed E-state index contributed by atoms with van der Waals surface area (Å²) in [6.07, 6.45) is 42.1. The monoisotopic (exact) mass is 503 g/mol. The average Bonchev–Trinajstić information content (AvgIpc) is 2.83. The second-order valence-corrected chi connectivity index (χ2v) is 15.8. The Morgan fingerprint density at radius 3 is 0.676 bits per heavy atom. The van der Waals surface area contributed by atoms with Gasteiger partial charge in [-0.1, -0.05) is 130 Å². The zero-order valence-electron chi connectivity index (χ0n) is 24.6. The molecule has 208 valence electrons. The van der Waals surface area contributed by atoms with Crippen LogP contribution in [0.1, 0.15) is 182 Å². The topological polar surface area (TPSA) is 0 Å². The van der Waals surface area contributed by atoms with Gasteiger partial charge in [-0.2, -0.15) is 0 Å². The fourth-order valence-corrected chi connectivity index (χ4v) is 10.5. The quantitative estimate of drug-likeness (QED) is 0.0738. The molecule has 0 aliphatic carbocycles. The molecule has 0 aromatic carbocycles. The summed E-state index contributed by atoms with van der Waals surface area (Å²) in [4.78, 5) is 0. The fraction of sp³-hybridized carbons (Fsp3) is 1.00. The molecule has 0 aliphatic rings. The summed E-state index contributed by atoms with van der Waals surface area (Å²) >= 11 is 0. The van der Waals surface area contributed by atoms with Crippen molar-refractivity contribution in [2.45, 2.75) is 182 Å². The van der Waals surface area contributed by atoms with Gasteiger partial charge in [0.05, 0.1) is 24.6 Å². The fourth-order valence-electron chi connectivity index (χ4n) is 5.58. The maximum atomic E-state index is 2.37. The van der Waals surface area contributed by atoms with E-state index in [-0.39, 0.29) is 4.70 Å². The maximum Gasteiger partial charge on any atom is 0.0594 e. The van der Waals surface area contributed by atoms with Crippen LogP contribution in [0, 0.1) is 0 Å². The summed E-state index contributed by atoms with van der Waals surface area (Å²) in [7, 11) is -0.697. The standard InChI is InChI=1S/C32H68P.FH/c1-5-9-13-17-18-19-20-21-22-23-24-28-32-33(29-25-14-10-6-2,30-26-15-11-7-3)31-27-16-12-8-4;/h5-32H2,1-4H3;1H/q+1;/p-1. The first-order valence-electron chi connectivity index (χ1n) is 16.1. The van der Waals surface area contributed by atoms with E-state index < -0.39 is 7.26 Å². The Hall–Kier alpha value is 0.360. The molecule has 0 nitrogen and oxygen atoms in total. The Kier molecular flexibility index (Phi) is 31.8. The lowest BCUT2D eigenvalue weighted by Gasteiger charge is -2.28. The van der Waals surface area contributed by atoms with E-state index in [2.05, 4.69) is 27.7 Å². The third kappa shape index (κ3) is 24.1. The Morgan fingerprint density at radius 2 is 0.441 bits per heavy atom. The normalized spacial score (nSPS) is 11.6. The van der Waals surface area contributed by atoms with Gasteiger partial charge in [0, 0.05) is 7.26 Å². The van der Waals surface area contributed by atoms with E-state index in [0.29, 0.717) is 0 Å². The first-order chi connectivity index (χ1) is 16.2. The Labute approximate surface area is 218 Å². The lowest BCUT2D eigenvalue weighted by Crippen LogP contribution is -3.00. The predicted octanol–water partition coefficient (Wildman–Crippen LogP) is 9.45. The van der Waals surface area contributed by atoms with Gasteiger partial charge in [-0.25, -0.2) is 0 Å². The highest BCUT2D eigenvalue weighted by atomic mass is 31.2. The molecule has 0 fully saturated rings. The number of unbranched alkanes of at least 4 members (excludes halogenated alkanes) is 20. The van der Waals surface area contributed by atoms with Gasteiger partial charge < -0.3 is 4.70 Å². The number of rotatable bonds is 28. The Morgan fingerprint density at radius 1 is 0.265 bits per heavy atom. The number of halogens is 1. The van der Waals surface area contributed by atoms with Crippen LogP contribution in [0.5, 0.6) is 0 Å². The molecule has 0 N–H and O–H groups in total. The van der Waals surface area contributed by atoms with Crippen molar-refractivity contribution in [1.29, 1.82) is 0 Å². The minimum atomic E-state index is -0.697. The molecule has 0 saturated carbocycles. The summed E-state index contributed by atoms with van der Waals surface area (Å²) in [5.74, 6) is 0. The van der Waals surface area contributed by atoms with Gasteiger partial charge in [-0.3, -0.25) is 0 Å². The Bertz CT molecular complexity index is 326. The second-order valence-electron chi connectivity index (χ2n) is 11.3. The molecule has 0 heterocycles. The van der Waals surface area contributed by atoms with Crippen molar-refractivity contribution in [2.24, 2.45) is 0 Å². The molecule has 0 aromatic rings. The lowest BCUT2D eigenvalue weighted by molar-refractivity contribution is -0.00000755. The maximum absolute atomic E-state index is 2.37. The van der Waals surface area contributed by atoms with Crippen LogP contribution in [0.15, 0.2) is 0 Å². The van der Waals surface area contributed by atoms with E-state index in [0.717, 1.165) is 0 Å². The largest absolute Gasteiger partial charge is 1.00 e. The summed E-state index contributed by atoms with van der Waals surface area (Å²) in [6, 6.07) is 0. The molecule has 0 saturated heterocycles. The lowest BCUT2D eigenvalue weighted by atomic mass is 10.1. The molecule has 0 aromatic heterocycles. The molecule has 0 rings (SSSR count). The minimum Gasteiger partial charge on any atom is -1.00 e. The molecule has 0 bridgehead atoms. The summed E-state index contributed by atoms with van der Waals surface area (Å²) in [5.41, 5.74) is 0. The highest BCUT2D eigenvalue weighted by molar-refractivity contribution is 7.75. The van der Waals surface area contributed by atoms with Gasteiger partial charge in [0.15, 0.2) is 0 Å². The van der Waals surface area contributed by atoms with Gasteiger partial charge in [0.25, 0.3) is 0 Å². The van der Waals surface area contributed by atoms with Crippen LogP contribution in [0.4, 0.5) is 0 Å². The molecule has 0 aliphatic heterocycles. The molecular weight excluding hydrogens is 434 g/mol. The zero-order chi connectivity index (χ0) is 24.3. The van der Waals surface area contributed by atoms with E-state index in [1.165, 1.54) is 128 Å². The summed E-state index contributed by atoms with van der Waals surface area (Å²) in [6.45, 7) is 9.41. The highest BCUT2D eigenvalue weighted by Gasteiger charge is 2.34. The smallest absolute Gasteiger partial charge is 0.0594 e. The summed E-state index contributed by atoms with van der Waals surface area (Å²) in [5, 5.41) is 0. The van der Waals surface area contributed by atoms with Crippen molar-refractivity contribution < 1.29 is 4.70 Å². The highest BCUT2D eigenvalue weighted by Crippen LogP contribution is 2.61. The zero-order valence-corrected chi connectivity index (χ0v) is 25.5. The third-order valence-corrected chi connectivity index (χ3v) is 13.0. The molecule has 0 radical (unpaired) electrons. The molecule has 0 atom stereocenters. The van der Waals surface area contributed by atoms with Crippen LogP contribution >= 0.6 is 7.26 Å². The van der Waals surface area contributed by atoms with E-state index in [1.54, 1.807) is 50.3 Å². The first kappa shape index (κ1) is 36.5. The molecular formula is C32H68FP. The van der Waals surface area contributed by atoms with Crippen LogP contribution in [-0.4, -0.2) is 24.6 Å². The SMILES string of the molecule is CCCCCCCCCCCCCC[P+](CCCCCC)(CCCCCC)CCCCCC.[F-]. The second kappa shape index (κ2) is 29.6. The molecule has 2 heteroatoms. The van der Waals surface area contributed by atoms with Gasteiger partial charge in [-0.05, 0) is 51.4 Å². The van der Waals surface area contributed by atoms with Crippen LogP contribution in [0.3, 0.4) is 0 Å². The predicted molar refractivity (Wildman–Crippen MR) is 160 cm³/mol. The van der Waals surface area contributed by atoms with Gasteiger partial charge in [0.2, 0.25) is 0 Å². The molecule has 0 amide bonds. The van der Waals surface area contributed by atoms with Crippen LogP contribution < -0.4 is 4.70 Å². The first-order valence-corrected chi connectivity index (χ1v) is 18.6. The van der Waals surface area contributed by atoms with E-state index in [9.17, 15) is 0 Å². The molecule has 0 spiro atoms. The van der Waals surface area contributed by atoms with Crippen molar-refractivity contribution in [3.05, 3.63) is 0 Å². The van der Waals surface area contributed by atoms with Crippen molar-refractivity contribution in [1.82, 2.24) is 0 Å². The van der Waals surface area contributed by atoms with E-state index in [4.69, 9.17) is 0 Å². The average molecular weight is 503 g/mol. The van der Waals surface area contributed by atoms with Crippen molar-refractivity contribution in [3.8, 4) is 0 Å². The van der Waals surface area contributed by atoms with Crippen LogP contribution in [-0.2, 0) is 0 Å². The van der Waals surface area contributed by atoms with E-state index in [1.807, 2.05) is 0 Å². The Balaban J connectivity index is 0. The van der Waals surface area contributed by atoms with E-state index >= 15 is 0 Å². The van der Waals surface area contributed by atoms with Gasteiger partial charge in [-0.15, -0.1) is 0 Å². The van der Waals surface area contributed by atoms with Crippen molar-refractivity contribution in [2.75, 3.05) is 24.6 Å². The van der Waals surface area contributed by atoms with Gasteiger partial charge >= 0.3 is 0 Å². The molecule has 0 unspecified atom stereocenters. The number of hydrogen-bond donors (Lipinski definition) is 0. The number of hydrogen-bond acceptors (Lipinski definition) is 0. The van der Waals surface area contributed by atoms with Crippen molar-refractivity contribution >= 4 is 7.26 Å². The van der Waals surface area contributed by atoms with Crippen LogP contribution in [0.2, 0.25) is 0 Å². The molecule has 34 heavy (non-hydrogen) atoms. The third-order valence-electron chi connectivity index (χ3n) is 7.94. The van der Waals surface area contributed by atoms with Crippen LogP contribution in [0.25, 0.3) is 0 Å². The van der Waals surface area contributed by atoms with Crippen molar-refractivity contribution in [3.63, 3.8) is 0 Å².